The highest BCUT2D eigenvalue weighted by atomic mass is 32.2. The standard InChI is InChI=1S/C18H26N2S/c1-3-21-18-6-4-5-17(16(18)13-19)20-12-11-15-9-7-14(2)8-10-15/h4-6,14-15,20H,3,7-12H2,1-2H3. The summed E-state index contributed by atoms with van der Waals surface area (Å²) in [5, 5.41) is 12.9. The van der Waals surface area contributed by atoms with Crippen LogP contribution in [0.3, 0.4) is 0 Å². The van der Waals surface area contributed by atoms with Crippen molar-refractivity contribution in [1.29, 1.82) is 5.26 Å². The Bertz CT molecular complexity index is 484. The summed E-state index contributed by atoms with van der Waals surface area (Å²) in [5.41, 5.74) is 1.81. The van der Waals surface area contributed by atoms with Crippen LogP contribution in [0, 0.1) is 23.2 Å². The van der Waals surface area contributed by atoms with Gasteiger partial charge in [-0.1, -0.05) is 45.6 Å². The van der Waals surface area contributed by atoms with Crippen LogP contribution in [-0.4, -0.2) is 12.3 Å². The highest BCUT2D eigenvalue weighted by molar-refractivity contribution is 7.99. The van der Waals surface area contributed by atoms with Crippen LogP contribution >= 0.6 is 11.8 Å². The Labute approximate surface area is 133 Å². The molecule has 1 aromatic carbocycles. The Morgan fingerprint density at radius 1 is 1.29 bits per heavy atom. The minimum atomic E-state index is 0.807. The van der Waals surface area contributed by atoms with E-state index in [0.29, 0.717) is 0 Å². The number of nitrogens with zero attached hydrogens (tertiary/aromatic N) is 1. The first kappa shape index (κ1) is 16.2. The summed E-state index contributed by atoms with van der Waals surface area (Å²) in [6.45, 7) is 5.47. The van der Waals surface area contributed by atoms with Crippen LogP contribution in [-0.2, 0) is 0 Å². The summed E-state index contributed by atoms with van der Waals surface area (Å²) in [6, 6.07) is 8.48. The molecule has 0 bridgehead atoms. The fourth-order valence-electron chi connectivity index (χ4n) is 3.10. The molecule has 1 fully saturated rings. The van der Waals surface area contributed by atoms with E-state index in [-0.39, 0.29) is 0 Å². The van der Waals surface area contributed by atoms with E-state index in [0.717, 1.165) is 40.3 Å². The molecule has 114 valence electrons. The second-order valence-electron chi connectivity index (χ2n) is 6.06. The maximum atomic E-state index is 9.40. The molecule has 3 heteroatoms. The molecule has 2 nitrogen and oxygen atoms in total. The van der Waals surface area contributed by atoms with Gasteiger partial charge in [0.2, 0.25) is 0 Å². The molecule has 2 rings (SSSR count). The Balaban J connectivity index is 1.88. The van der Waals surface area contributed by atoms with Crippen LogP contribution in [0.15, 0.2) is 23.1 Å². The first-order chi connectivity index (χ1) is 10.2. The summed E-state index contributed by atoms with van der Waals surface area (Å²) in [7, 11) is 0. The molecule has 1 aliphatic rings. The van der Waals surface area contributed by atoms with Gasteiger partial charge in [0, 0.05) is 11.4 Å². The molecule has 1 aliphatic carbocycles. The molecule has 0 radical (unpaired) electrons. The molecule has 0 unspecified atom stereocenters. The number of hydrogen-bond donors (Lipinski definition) is 1. The average molecular weight is 302 g/mol. The maximum absolute atomic E-state index is 9.40. The second-order valence-corrected chi connectivity index (χ2v) is 7.37. The molecular weight excluding hydrogens is 276 g/mol. The van der Waals surface area contributed by atoms with E-state index in [1.165, 1.54) is 32.1 Å². The van der Waals surface area contributed by atoms with E-state index in [4.69, 9.17) is 0 Å². The summed E-state index contributed by atoms with van der Waals surface area (Å²) in [5.74, 6) is 2.79. The molecular formula is C18H26N2S. The zero-order chi connectivity index (χ0) is 15.1. The van der Waals surface area contributed by atoms with Crippen molar-refractivity contribution in [3.8, 4) is 6.07 Å². The first-order valence-electron chi connectivity index (χ1n) is 8.14. The molecule has 0 aliphatic heterocycles. The SMILES string of the molecule is CCSc1cccc(NCCC2CCC(C)CC2)c1C#N. The van der Waals surface area contributed by atoms with Crippen molar-refractivity contribution in [2.45, 2.75) is 50.8 Å². The smallest absolute Gasteiger partial charge is 0.102 e. The van der Waals surface area contributed by atoms with Gasteiger partial charge in [0.1, 0.15) is 6.07 Å². The lowest BCUT2D eigenvalue weighted by molar-refractivity contribution is 0.282. The number of rotatable bonds is 6. The summed E-state index contributed by atoms with van der Waals surface area (Å²) in [4.78, 5) is 1.09. The topological polar surface area (TPSA) is 35.8 Å². The van der Waals surface area contributed by atoms with E-state index in [1.807, 2.05) is 18.2 Å². The lowest BCUT2D eigenvalue weighted by atomic mass is 9.81. The van der Waals surface area contributed by atoms with Crippen molar-refractivity contribution in [3.05, 3.63) is 23.8 Å². The van der Waals surface area contributed by atoms with E-state index in [9.17, 15) is 5.26 Å². The average Bonchev–Trinajstić information content (AvgIpc) is 2.50. The Morgan fingerprint density at radius 2 is 2.05 bits per heavy atom. The van der Waals surface area contributed by atoms with E-state index in [2.05, 4.69) is 25.2 Å². The highest BCUT2D eigenvalue weighted by Crippen LogP contribution is 2.31. The van der Waals surface area contributed by atoms with E-state index in [1.54, 1.807) is 11.8 Å². The number of nitriles is 1. The van der Waals surface area contributed by atoms with Gasteiger partial charge in [-0.25, -0.2) is 0 Å². The van der Waals surface area contributed by atoms with Gasteiger partial charge in [-0.2, -0.15) is 5.26 Å². The molecule has 1 aromatic rings. The van der Waals surface area contributed by atoms with Crippen molar-refractivity contribution >= 4 is 17.4 Å². The predicted molar refractivity (Wildman–Crippen MR) is 91.8 cm³/mol. The highest BCUT2D eigenvalue weighted by Gasteiger charge is 2.17. The van der Waals surface area contributed by atoms with Crippen molar-refractivity contribution < 1.29 is 0 Å². The second kappa shape index (κ2) is 8.34. The molecule has 1 N–H and O–H groups in total. The van der Waals surface area contributed by atoms with E-state index < -0.39 is 0 Å². The number of anilines is 1. The largest absolute Gasteiger partial charge is 0.384 e. The Hall–Kier alpha value is -1.14. The maximum Gasteiger partial charge on any atom is 0.102 e. The number of hydrogen-bond acceptors (Lipinski definition) is 3. The summed E-state index contributed by atoms with van der Waals surface area (Å²) in [6.07, 6.45) is 6.75. The number of thioether (sulfide) groups is 1. The van der Waals surface area contributed by atoms with Crippen LogP contribution in [0.2, 0.25) is 0 Å². The monoisotopic (exact) mass is 302 g/mol. The molecule has 1 saturated carbocycles. The Morgan fingerprint density at radius 3 is 2.71 bits per heavy atom. The fourth-order valence-corrected chi connectivity index (χ4v) is 3.88. The third kappa shape index (κ3) is 4.68. The molecule has 21 heavy (non-hydrogen) atoms. The summed E-state index contributed by atoms with van der Waals surface area (Å²) < 4.78 is 0. The number of nitrogens with one attached hydrogen (secondary N) is 1. The molecule has 0 atom stereocenters. The fraction of sp³-hybridized carbons (Fsp3) is 0.611. The number of benzene rings is 1. The minimum Gasteiger partial charge on any atom is -0.384 e. The normalized spacial score (nSPS) is 21.8. The van der Waals surface area contributed by atoms with Crippen LogP contribution < -0.4 is 5.32 Å². The molecule has 0 aromatic heterocycles. The Kier molecular flexibility index (Phi) is 6.45. The predicted octanol–water partition coefficient (Wildman–Crippen LogP) is 5.30. The zero-order valence-corrected chi connectivity index (χ0v) is 14.0. The molecule has 0 heterocycles. The van der Waals surface area contributed by atoms with Crippen molar-refractivity contribution in [2.75, 3.05) is 17.6 Å². The van der Waals surface area contributed by atoms with E-state index >= 15 is 0 Å². The van der Waals surface area contributed by atoms with Crippen LogP contribution in [0.25, 0.3) is 0 Å². The van der Waals surface area contributed by atoms with Gasteiger partial charge < -0.3 is 5.32 Å². The molecule has 0 saturated heterocycles. The van der Waals surface area contributed by atoms with Gasteiger partial charge in [0.25, 0.3) is 0 Å². The van der Waals surface area contributed by atoms with Gasteiger partial charge in [-0.15, -0.1) is 11.8 Å². The zero-order valence-electron chi connectivity index (χ0n) is 13.2. The van der Waals surface area contributed by atoms with Gasteiger partial charge in [0.05, 0.1) is 11.3 Å². The third-order valence-electron chi connectivity index (χ3n) is 4.44. The minimum absolute atomic E-state index is 0.807. The summed E-state index contributed by atoms with van der Waals surface area (Å²) >= 11 is 1.74. The van der Waals surface area contributed by atoms with Crippen LogP contribution in [0.4, 0.5) is 5.69 Å². The third-order valence-corrected chi connectivity index (χ3v) is 5.38. The lowest BCUT2D eigenvalue weighted by Crippen LogP contribution is -2.16. The van der Waals surface area contributed by atoms with Crippen LogP contribution in [0.5, 0.6) is 0 Å². The van der Waals surface area contributed by atoms with Gasteiger partial charge in [0.15, 0.2) is 0 Å². The quantitative estimate of drug-likeness (QED) is 0.724. The molecule has 0 amide bonds. The van der Waals surface area contributed by atoms with Gasteiger partial charge in [-0.3, -0.25) is 0 Å². The van der Waals surface area contributed by atoms with Crippen molar-refractivity contribution in [2.24, 2.45) is 11.8 Å². The first-order valence-corrected chi connectivity index (χ1v) is 9.13. The van der Waals surface area contributed by atoms with Crippen molar-refractivity contribution in [3.63, 3.8) is 0 Å². The van der Waals surface area contributed by atoms with Gasteiger partial charge in [-0.05, 0) is 36.1 Å². The lowest BCUT2D eigenvalue weighted by Gasteiger charge is -2.26. The van der Waals surface area contributed by atoms with Gasteiger partial charge >= 0.3 is 0 Å². The van der Waals surface area contributed by atoms with Crippen molar-refractivity contribution in [1.82, 2.24) is 0 Å². The van der Waals surface area contributed by atoms with Crippen LogP contribution in [0.1, 0.15) is 51.5 Å². The molecule has 0 spiro atoms.